The van der Waals surface area contributed by atoms with E-state index in [0.29, 0.717) is 22.2 Å². The second-order valence-electron chi connectivity index (χ2n) is 6.45. The lowest BCUT2D eigenvalue weighted by atomic mass is 10.1. The van der Waals surface area contributed by atoms with Crippen LogP contribution in [-0.4, -0.2) is 16.5 Å². The van der Waals surface area contributed by atoms with Gasteiger partial charge >= 0.3 is 6.18 Å². The monoisotopic (exact) mass is 374 g/mol. The van der Waals surface area contributed by atoms with Gasteiger partial charge in [-0.15, -0.1) is 0 Å². The van der Waals surface area contributed by atoms with Gasteiger partial charge in [-0.05, 0) is 67.8 Å². The number of nitrogens with one attached hydrogen (secondary N) is 1. The van der Waals surface area contributed by atoms with Crippen molar-refractivity contribution >= 4 is 16.8 Å². The number of hydrogen-bond acceptors (Lipinski definition) is 2. The normalized spacial score (nSPS) is 11.8. The summed E-state index contributed by atoms with van der Waals surface area (Å²) in [6.45, 7) is 3.70. The highest BCUT2D eigenvalue weighted by Crippen LogP contribution is 2.30. The molecule has 2 aromatic carbocycles. The minimum absolute atomic E-state index is 0.0192. The maximum absolute atomic E-state index is 12.8. The van der Waals surface area contributed by atoms with E-state index in [1.807, 2.05) is 13.8 Å². The number of halogens is 3. The smallest absolute Gasteiger partial charge is 0.350 e. The van der Waals surface area contributed by atoms with Crippen LogP contribution in [0.4, 0.5) is 13.2 Å². The molecule has 0 unspecified atom stereocenters. The minimum Gasteiger partial charge on any atom is -0.350 e. The van der Waals surface area contributed by atoms with Crippen LogP contribution in [0.2, 0.25) is 0 Å². The molecular formula is C20H17F3N2O2. The molecule has 4 nitrogen and oxygen atoms in total. The molecule has 1 N–H and O–H groups in total. The van der Waals surface area contributed by atoms with Gasteiger partial charge in [0.15, 0.2) is 0 Å². The Labute approximate surface area is 153 Å². The van der Waals surface area contributed by atoms with Gasteiger partial charge in [-0.2, -0.15) is 13.2 Å². The SMILES string of the molecule is CC(C)NC(=O)c1ccc2c(ccc(=O)n2-c2ccc(C(F)(F)F)cc2)c1. The Kier molecular flexibility index (Phi) is 4.78. The molecule has 0 aliphatic carbocycles. The van der Waals surface area contributed by atoms with Gasteiger partial charge < -0.3 is 5.32 Å². The quantitative estimate of drug-likeness (QED) is 0.749. The van der Waals surface area contributed by atoms with Crippen molar-refractivity contribution in [2.75, 3.05) is 0 Å². The summed E-state index contributed by atoms with van der Waals surface area (Å²) in [5.41, 5.74) is 0.101. The van der Waals surface area contributed by atoms with Crippen LogP contribution in [-0.2, 0) is 6.18 Å². The maximum Gasteiger partial charge on any atom is 0.416 e. The lowest BCUT2D eigenvalue weighted by Crippen LogP contribution is -2.30. The second-order valence-corrected chi connectivity index (χ2v) is 6.45. The van der Waals surface area contributed by atoms with Crippen molar-refractivity contribution in [3.05, 3.63) is 76.1 Å². The van der Waals surface area contributed by atoms with Gasteiger partial charge in [0.2, 0.25) is 0 Å². The average Bonchev–Trinajstić information content (AvgIpc) is 2.60. The molecule has 3 rings (SSSR count). The van der Waals surface area contributed by atoms with Crippen LogP contribution in [0.1, 0.15) is 29.8 Å². The van der Waals surface area contributed by atoms with Crippen molar-refractivity contribution in [2.45, 2.75) is 26.1 Å². The molecule has 0 aliphatic heterocycles. The predicted octanol–water partition coefficient (Wildman–Crippen LogP) is 4.15. The van der Waals surface area contributed by atoms with E-state index in [1.54, 1.807) is 24.3 Å². The fourth-order valence-electron chi connectivity index (χ4n) is 2.80. The van der Waals surface area contributed by atoms with Crippen LogP contribution in [0, 0.1) is 0 Å². The number of alkyl halides is 3. The molecule has 1 heterocycles. The fourth-order valence-corrected chi connectivity index (χ4v) is 2.80. The molecule has 3 aromatic rings. The van der Waals surface area contributed by atoms with Crippen LogP contribution < -0.4 is 10.9 Å². The van der Waals surface area contributed by atoms with E-state index in [1.165, 1.54) is 22.8 Å². The van der Waals surface area contributed by atoms with E-state index in [2.05, 4.69) is 5.32 Å². The highest BCUT2D eigenvalue weighted by Gasteiger charge is 2.30. The van der Waals surface area contributed by atoms with Gasteiger partial charge in [0.25, 0.3) is 11.5 Å². The lowest BCUT2D eigenvalue weighted by Gasteiger charge is -2.13. The summed E-state index contributed by atoms with van der Waals surface area (Å²) in [4.78, 5) is 24.5. The number of nitrogens with zero attached hydrogens (tertiary/aromatic N) is 1. The topological polar surface area (TPSA) is 51.1 Å². The third kappa shape index (κ3) is 3.86. The Morgan fingerprint density at radius 1 is 1.00 bits per heavy atom. The van der Waals surface area contributed by atoms with Gasteiger partial charge in [0.1, 0.15) is 0 Å². The zero-order valence-corrected chi connectivity index (χ0v) is 14.7. The van der Waals surface area contributed by atoms with Crippen molar-refractivity contribution in [1.82, 2.24) is 9.88 Å². The van der Waals surface area contributed by atoms with E-state index in [4.69, 9.17) is 0 Å². The average molecular weight is 374 g/mol. The summed E-state index contributed by atoms with van der Waals surface area (Å²) in [6, 6.07) is 12.1. The summed E-state index contributed by atoms with van der Waals surface area (Å²) < 4.78 is 39.6. The number of carbonyl (C=O) groups is 1. The molecule has 0 bridgehead atoms. The predicted molar refractivity (Wildman–Crippen MR) is 97.1 cm³/mol. The molecule has 0 saturated heterocycles. The van der Waals surface area contributed by atoms with Crippen molar-refractivity contribution in [3.8, 4) is 5.69 Å². The Balaban J connectivity index is 2.09. The number of hydrogen-bond donors (Lipinski definition) is 1. The minimum atomic E-state index is -4.44. The molecule has 1 amide bonds. The fraction of sp³-hybridized carbons (Fsp3) is 0.200. The maximum atomic E-state index is 12.8. The van der Waals surface area contributed by atoms with Gasteiger partial charge in [-0.25, -0.2) is 0 Å². The number of fused-ring (bicyclic) bond motifs is 1. The number of pyridine rings is 1. The van der Waals surface area contributed by atoms with Crippen LogP contribution in [0.25, 0.3) is 16.6 Å². The number of rotatable bonds is 3. The molecular weight excluding hydrogens is 357 g/mol. The summed E-state index contributed by atoms with van der Waals surface area (Å²) in [5.74, 6) is -0.237. The summed E-state index contributed by atoms with van der Waals surface area (Å²) in [7, 11) is 0. The van der Waals surface area contributed by atoms with Crippen LogP contribution in [0.15, 0.2) is 59.4 Å². The largest absolute Gasteiger partial charge is 0.416 e. The number of carbonyl (C=O) groups excluding carboxylic acids is 1. The summed E-state index contributed by atoms with van der Waals surface area (Å²) in [6.07, 6.45) is -4.44. The number of benzene rings is 2. The number of amides is 1. The molecule has 0 saturated carbocycles. The van der Waals surface area contributed by atoms with Gasteiger partial charge in [0, 0.05) is 23.4 Å². The van der Waals surface area contributed by atoms with Gasteiger partial charge in [-0.1, -0.05) is 0 Å². The van der Waals surface area contributed by atoms with Gasteiger partial charge in [0.05, 0.1) is 11.1 Å². The van der Waals surface area contributed by atoms with E-state index in [9.17, 15) is 22.8 Å². The Hall–Kier alpha value is -3.09. The van der Waals surface area contributed by atoms with Crippen molar-refractivity contribution in [1.29, 1.82) is 0 Å². The van der Waals surface area contributed by atoms with E-state index in [-0.39, 0.29) is 17.5 Å². The molecule has 0 radical (unpaired) electrons. The third-order valence-electron chi connectivity index (χ3n) is 4.03. The standard InChI is InChI=1S/C20H17F3N2O2/c1-12(2)24-19(27)14-3-9-17-13(11-14)4-10-18(26)25(17)16-7-5-15(6-8-16)20(21,22)23/h3-12H,1-2H3,(H,24,27). The van der Waals surface area contributed by atoms with E-state index < -0.39 is 11.7 Å². The first kappa shape index (κ1) is 18.7. The van der Waals surface area contributed by atoms with Crippen LogP contribution in [0.5, 0.6) is 0 Å². The Bertz CT molecular complexity index is 1050. The Morgan fingerprint density at radius 2 is 1.67 bits per heavy atom. The first-order chi connectivity index (χ1) is 12.7. The summed E-state index contributed by atoms with van der Waals surface area (Å²) in [5, 5.41) is 3.42. The second kappa shape index (κ2) is 6.90. The molecule has 0 spiro atoms. The molecule has 0 aliphatic rings. The highest BCUT2D eigenvalue weighted by atomic mass is 19.4. The highest BCUT2D eigenvalue weighted by molar-refractivity contribution is 5.98. The molecule has 1 aromatic heterocycles. The molecule has 140 valence electrons. The van der Waals surface area contributed by atoms with Crippen LogP contribution >= 0.6 is 0 Å². The zero-order valence-electron chi connectivity index (χ0n) is 14.7. The van der Waals surface area contributed by atoms with Crippen molar-refractivity contribution < 1.29 is 18.0 Å². The zero-order chi connectivity index (χ0) is 19.8. The van der Waals surface area contributed by atoms with Crippen LogP contribution in [0.3, 0.4) is 0 Å². The summed E-state index contributed by atoms with van der Waals surface area (Å²) >= 11 is 0. The van der Waals surface area contributed by atoms with Gasteiger partial charge in [-0.3, -0.25) is 14.2 Å². The van der Waals surface area contributed by atoms with E-state index in [0.717, 1.165) is 12.1 Å². The first-order valence-electron chi connectivity index (χ1n) is 8.31. The number of aromatic nitrogens is 1. The van der Waals surface area contributed by atoms with E-state index >= 15 is 0 Å². The molecule has 0 fully saturated rings. The molecule has 27 heavy (non-hydrogen) atoms. The molecule has 7 heteroatoms. The lowest BCUT2D eigenvalue weighted by molar-refractivity contribution is -0.137. The Morgan fingerprint density at radius 3 is 2.26 bits per heavy atom. The van der Waals surface area contributed by atoms with Crippen molar-refractivity contribution in [2.24, 2.45) is 0 Å². The molecule has 0 atom stereocenters. The third-order valence-corrected chi connectivity index (χ3v) is 4.03. The van der Waals surface area contributed by atoms with Crippen molar-refractivity contribution in [3.63, 3.8) is 0 Å². The first-order valence-corrected chi connectivity index (χ1v) is 8.31.